The molecule has 2 amide bonds. The van der Waals surface area contributed by atoms with Crippen molar-refractivity contribution in [3.63, 3.8) is 0 Å². The van der Waals surface area contributed by atoms with E-state index in [-0.39, 0.29) is 22.9 Å². The Balaban J connectivity index is 1.65. The van der Waals surface area contributed by atoms with Crippen molar-refractivity contribution in [1.82, 2.24) is 14.9 Å². The molecule has 2 aliphatic carbocycles. The highest BCUT2D eigenvalue weighted by atomic mass is 16.2. The average molecular weight is 374 g/mol. The number of aromatic nitrogens is 2. The fourth-order valence-electron chi connectivity index (χ4n) is 4.71. The summed E-state index contributed by atoms with van der Waals surface area (Å²) in [4.78, 5) is 33.5. The Morgan fingerprint density at radius 2 is 1.70 bits per heavy atom. The smallest absolute Gasteiger partial charge is 0.251 e. The van der Waals surface area contributed by atoms with Gasteiger partial charge in [0.2, 0.25) is 11.9 Å². The Labute approximate surface area is 160 Å². The molecule has 8 heteroatoms. The maximum Gasteiger partial charge on any atom is 0.251 e. The van der Waals surface area contributed by atoms with Crippen molar-refractivity contribution in [2.45, 2.75) is 51.0 Å². The van der Waals surface area contributed by atoms with Crippen LogP contribution in [-0.4, -0.2) is 46.3 Å². The van der Waals surface area contributed by atoms with Crippen molar-refractivity contribution in [1.29, 1.82) is 0 Å². The fraction of sp³-hybridized carbons (Fsp3) is 0.684. The molecule has 2 atom stereocenters. The topological polar surface area (TPSA) is 118 Å². The first kappa shape index (κ1) is 19.5. The fourth-order valence-corrected chi connectivity index (χ4v) is 4.71. The van der Waals surface area contributed by atoms with Crippen LogP contribution >= 0.6 is 0 Å². The number of anilines is 1. The Morgan fingerprint density at radius 1 is 1.11 bits per heavy atom. The first-order valence-electron chi connectivity index (χ1n) is 9.62. The van der Waals surface area contributed by atoms with E-state index >= 15 is 0 Å². The van der Waals surface area contributed by atoms with Gasteiger partial charge in [-0.25, -0.2) is 15.8 Å². The molecule has 4 N–H and O–H groups in total. The zero-order valence-electron chi connectivity index (χ0n) is 16.4. The third kappa shape index (κ3) is 3.63. The van der Waals surface area contributed by atoms with Crippen LogP contribution in [-0.2, 0) is 4.79 Å². The van der Waals surface area contributed by atoms with Crippen LogP contribution in [0.5, 0.6) is 0 Å². The van der Waals surface area contributed by atoms with Crippen molar-refractivity contribution in [3.05, 3.63) is 18.0 Å². The number of nitrogens with zero attached hydrogens (tertiary/aromatic N) is 4. The molecular weight excluding hydrogens is 344 g/mol. The molecule has 27 heavy (non-hydrogen) atoms. The van der Waals surface area contributed by atoms with Gasteiger partial charge in [0.1, 0.15) is 0 Å². The van der Waals surface area contributed by atoms with Gasteiger partial charge in [-0.3, -0.25) is 14.6 Å². The Hall–Kier alpha value is -2.22. The molecule has 1 heterocycles. The molecule has 1 aromatic heterocycles. The van der Waals surface area contributed by atoms with E-state index in [1.54, 1.807) is 9.91 Å². The van der Waals surface area contributed by atoms with Crippen molar-refractivity contribution in [2.75, 3.05) is 19.1 Å². The average Bonchev–Trinajstić information content (AvgIpc) is 2.66. The molecule has 0 bridgehead atoms. The number of nitrogens with two attached hydrogens (primary N) is 2. The van der Waals surface area contributed by atoms with Crippen LogP contribution in [0.1, 0.15) is 55.8 Å². The number of carbonyl (C=O) groups excluding carboxylic acids is 2. The summed E-state index contributed by atoms with van der Waals surface area (Å²) in [5.41, 5.74) is 5.30. The Kier molecular flexibility index (Phi) is 5.37. The largest absolute Gasteiger partial charge is 0.366 e. The lowest BCUT2D eigenvalue weighted by Gasteiger charge is -2.55. The zero-order valence-corrected chi connectivity index (χ0v) is 16.4. The van der Waals surface area contributed by atoms with Gasteiger partial charge in [0.15, 0.2) is 0 Å². The van der Waals surface area contributed by atoms with Gasteiger partial charge in [-0.05, 0) is 57.3 Å². The third-order valence-electron chi connectivity index (χ3n) is 6.58. The molecule has 1 aromatic rings. The minimum absolute atomic E-state index is 0.154. The number of hydrogen-bond acceptors (Lipinski definition) is 6. The minimum atomic E-state index is -0.554. The van der Waals surface area contributed by atoms with Gasteiger partial charge >= 0.3 is 0 Å². The number of primary amides is 1. The highest BCUT2D eigenvalue weighted by molar-refractivity contribution is 5.92. The van der Waals surface area contributed by atoms with Gasteiger partial charge in [0.25, 0.3) is 5.91 Å². The van der Waals surface area contributed by atoms with Crippen molar-refractivity contribution < 1.29 is 9.59 Å². The Bertz CT molecular complexity index is 699. The standard InChI is InChI=1S/C19H30N6O2/c1-19(25(21)18-22-10-14(11-23-18)16(20)26)9-8-15(19)12-4-6-13(7-5-12)17(27)24(2)3/h10-13,15H,4-9,21H2,1-3H3,(H2,20,26)/t12?,13?,15?,19-/m1/s1. The van der Waals surface area contributed by atoms with E-state index in [0.29, 0.717) is 17.8 Å². The van der Waals surface area contributed by atoms with Gasteiger partial charge in [0.05, 0.1) is 11.1 Å². The monoisotopic (exact) mass is 374 g/mol. The van der Waals surface area contributed by atoms with E-state index in [1.165, 1.54) is 12.4 Å². The highest BCUT2D eigenvalue weighted by Crippen LogP contribution is 2.51. The van der Waals surface area contributed by atoms with Gasteiger partial charge in [0, 0.05) is 32.4 Å². The molecule has 3 rings (SSSR count). The van der Waals surface area contributed by atoms with Crippen LogP contribution in [0.4, 0.5) is 5.95 Å². The predicted molar refractivity (Wildman–Crippen MR) is 102 cm³/mol. The SMILES string of the molecule is CN(C)C(=O)C1CCC(C2CC[C@@]2(C)N(N)c2ncc(C(N)=O)cn2)CC1. The number of carbonyl (C=O) groups is 2. The lowest BCUT2D eigenvalue weighted by atomic mass is 9.58. The Morgan fingerprint density at radius 3 is 2.15 bits per heavy atom. The quantitative estimate of drug-likeness (QED) is 0.593. The van der Waals surface area contributed by atoms with E-state index in [2.05, 4.69) is 16.9 Å². The molecule has 2 fully saturated rings. The molecule has 2 aliphatic rings. The summed E-state index contributed by atoms with van der Waals surface area (Å²) in [7, 11) is 3.65. The summed E-state index contributed by atoms with van der Waals surface area (Å²) in [5.74, 6) is 7.67. The molecule has 148 valence electrons. The van der Waals surface area contributed by atoms with Crippen molar-refractivity contribution in [3.8, 4) is 0 Å². The summed E-state index contributed by atoms with van der Waals surface area (Å²) in [6.07, 6.45) is 8.94. The highest BCUT2D eigenvalue weighted by Gasteiger charge is 2.51. The van der Waals surface area contributed by atoms with Crippen molar-refractivity contribution >= 4 is 17.8 Å². The third-order valence-corrected chi connectivity index (χ3v) is 6.58. The minimum Gasteiger partial charge on any atom is -0.366 e. The van der Waals surface area contributed by atoms with Gasteiger partial charge in [-0.15, -0.1) is 0 Å². The van der Waals surface area contributed by atoms with E-state index in [0.717, 1.165) is 38.5 Å². The molecule has 1 unspecified atom stereocenters. The van der Waals surface area contributed by atoms with Gasteiger partial charge in [-0.2, -0.15) is 0 Å². The second-order valence-corrected chi connectivity index (χ2v) is 8.35. The van der Waals surface area contributed by atoms with E-state index in [9.17, 15) is 9.59 Å². The van der Waals surface area contributed by atoms with Crippen molar-refractivity contribution in [2.24, 2.45) is 29.3 Å². The molecule has 0 saturated heterocycles. The first-order chi connectivity index (χ1) is 12.7. The number of hydrogen-bond donors (Lipinski definition) is 2. The lowest BCUT2D eigenvalue weighted by Crippen LogP contribution is -2.64. The predicted octanol–water partition coefficient (Wildman–Crippen LogP) is 1.32. The van der Waals surface area contributed by atoms with E-state index in [1.807, 2.05) is 14.1 Å². The van der Waals surface area contributed by atoms with Crippen LogP contribution in [0.25, 0.3) is 0 Å². The number of rotatable bonds is 5. The summed E-state index contributed by atoms with van der Waals surface area (Å²) in [6, 6.07) is 0. The maximum atomic E-state index is 12.2. The van der Waals surface area contributed by atoms with Crippen LogP contribution in [0.15, 0.2) is 12.4 Å². The molecule has 0 aromatic carbocycles. The second-order valence-electron chi connectivity index (χ2n) is 8.35. The van der Waals surface area contributed by atoms with E-state index < -0.39 is 5.91 Å². The summed E-state index contributed by atoms with van der Waals surface area (Å²) >= 11 is 0. The maximum absolute atomic E-state index is 12.2. The molecule has 0 spiro atoms. The normalized spacial score (nSPS) is 30.3. The molecule has 0 aliphatic heterocycles. The molecule has 2 saturated carbocycles. The number of amides is 2. The summed E-state index contributed by atoms with van der Waals surface area (Å²) < 4.78 is 0. The molecule has 0 radical (unpaired) electrons. The van der Waals surface area contributed by atoms with Crippen LogP contribution in [0.2, 0.25) is 0 Å². The lowest BCUT2D eigenvalue weighted by molar-refractivity contribution is -0.134. The summed E-state index contributed by atoms with van der Waals surface area (Å²) in [6.45, 7) is 2.16. The second kappa shape index (κ2) is 7.42. The van der Waals surface area contributed by atoms with E-state index in [4.69, 9.17) is 11.6 Å². The van der Waals surface area contributed by atoms with Crippen LogP contribution in [0.3, 0.4) is 0 Å². The van der Waals surface area contributed by atoms with Gasteiger partial charge in [-0.1, -0.05) is 0 Å². The van der Waals surface area contributed by atoms with Gasteiger partial charge < -0.3 is 10.6 Å². The number of hydrazine groups is 1. The van der Waals surface area contributed by atoms with Crippen LogP contribution < -0.4 is 16.6 Å². The van der Waals surface area contributed by atoms with Crippen LogP contribution in [0, 0.1) is 17.8 Å². The first-order valence-corrected chi connectivity index (χ1v) is 9.62. The zero-order chi connectivity index (χ0) is 19.8. The summed E-state index contributed by atoms with van der Waals surface area (Å²) in [5, 5.41) is 1.66. The molecule has 8 nitrogen and oxygen atoms in total. The molecular formula is C19H30N6O2.